The standard InChI is InChI=1S/C43H75NO3/c1-3-5-7-9-11-13-15-17-19-21-22-23-25-27-29-31-33-35-37-39-43(47)44-41(40-45)42(46)38-36-34-32-30-28-26-24-20-18-16-14-12-10-8-6-4-2/h5,7,11,13,17,19,22-23,28,30,36,38,41-42,45-46H,3-4,6,8-10,12,14-16,18,20-21,24-27,29,31-35,37,39-40H2,1-2H3,(H,44,47)/b7-5-,13-11-,19-17-,23-22-,30-28+,38-36+. The predicted molar refractivity (Wildman–Crippen MR) is 207 cm³/mol. The molecule has 47 heavy (non-hydrogen) atoms. The minimum atomic E-state index is -0.871. The van der Waals surface area contributed by atoms with Gasteiger partial charge in [-0.15, -0.1) is 0 Å². The third kappa shape index (κ3) is 35.0. The van der Waals surface area contributed by atoms with Crippen LogP contribution in [0, 0.1) is 0 Å². The molecule has 0 aromatic rings. The van der Waals surface area contributed by atoms with Gasteiger partial charge in [0.1, 0.15) is 0 Å². The highest BCUT2D eigenvalue weighted by Gasteiger charge is 2.17. The van der Waals surface area contributed by atoms with Crippen molar-refractivity contribution in [2.75, 3.05) is 6.61 Å². The SMILES string of the molecule is CC/C=C\C/C=C\C/C=C\C/C=C\CCCCCCCCC(=O)NC(CO)C(O)/C=C/CC/C=C/CCCCCCCCCCCC. The first-order valence-electron chi connectivity index (χ1n) is 19.7. The largest absolute Gasteiger partial charge is 0.394 e. The van der Waals surface area contributed by atoms with Gasteiger partial charge in [-0.05, 0) is 70.6 Å². The molecule has 0 radical (unpaired) electrons. The lowest BCUT2D eigenvalue weighted by Crippen LogP contribution is -2.45. The van der Waals surface area contributed by atoms with Crippen molar-refractivity contribution in [2.24, 2.45) is 0 Å². The maximum atomic E-state index is 12.3. The van der Waals surface area contributed by atoms with Crippen molar-refractivity contribution in [3.63, 3.8) is 0 Å². The molecular formula is C43H75NO3. The summed E-state index contributed by atoms with van der Waals surface area (Å²) in [5.74, 6) is -0.0919. The number of nitrogens with one attached hydrogen (secondary N) is 1. The number of hydrogen-bond acceptors (Lipinski definition) is 3. The number of aliphatic hydroxyl groups is 2. The lowest BCUT2D eigenvalue weighted by Gasteiger charge is -2.19. The molecule has 0 aliphatic rings. The molecule has 0 fully saturated rings. The summed E-state index contributed by atoms with van der Waals surface area (Å²) >= 11 is 0. The van der Waals surface area contributed by atoms with Crippen LogP contribution in [0.3, 0.4) is 0 Å². The molecule has 2 unspecified atom stereocenters. The Hall–Kier alpha value is -2.17. The molecule has 0 aromatic carbocycles. The van der Waals surface area contributed by atoms with Gasteiger partial charge in [-0.25, -0.2) is 0 Å². The van der Waals surface area contributed by atoms with E-state index < -0.39 is 12.1 Å². The Bertz CT molecular complexity index is 838. The van der Waals surface area contributed by atoms with Gasteiger partial charge in [-0.1, -0.05) is 170 Å². The predicted octanol–water partition coefficient (Wildman–Crippen LogP) is 12.0. The normalized spacial score (nSPS) is 13.9. The van der Waals surface area contributed by atoms with Crippen molar-refractivity contribution >= 4 is 5.91 Å². The Morgan fingerprint density at radius 2 is 0.957 bits per heavy atom. The number of rotatable bonds is 34. The van der Waals surface area contributed by atoms with Crippen molar-refractivity contribution in [1.82, 2.24) is 5.32 Å². The molecule has 0 spiro atoms. The molecule has 0 saturated heterocycles. The summed E-state index contributed by atoms with van der Waals surface area (Å²) in [6.07, 6.45) is 54.2. The van der Waals surface area contributed by atoms with E-state index in [0.29, 0.717) is 6.42 Å². The second-order valence-electron chi connectivity index (χ2n) is 13.0. The van der Waals surface area contributed by atoms with Crippen LogP contribution in [0.4, 0.5) is 0 Å². The molecule has 0 aliphatic carbocycles. The second-order valence-corrected chi connectivity index (χ2v) is 13.0. The van der Waals surface area contributed by atoms with Crippen LogP contribution in [0.25, 0.3) is 0 Å². The molecule has 0 saturated carbocycles. The topological polar surface area (TPSA) is 69.6 Å². The van der Waals surface area contributed by atoms with Crippen LogP contribution in [0.15, 0.2) is 72.9 Å². The summed E-state index contributed by atoms with van der Waals surface area (Å²) in [6.45, 7) is 4.16. The van der Waals surface area contributed by atoms with Crippen LogP contribution in [0.2, 0.25) is 0 Å². The molecule has 4 nitrogen and oxygen atoms in total. The van der Waals surface area contributed by atoms with E-state index in [0.717, 1.165) is 70.6 Å². The summed E-state index contributed by atoms with van der Waals surface area (Å²) < 4.78 is 0. The summed E-state index contributed by atoms with van der Waals surface area (Å²) in [6, 6.07) is -0.649. The van der Waals surface area contributed by atoms with E-state index in [-0.39, 0.29) is 12.5 Å². The van der Waals surface area contributed by atoms with Crippen LogP contribution < -0.4 is 5.32 Å². The van der Waals surface area contributed by atoms with Gasteiger partial charge in [0.15, 0.2) is 0 Å². The molecule has 0 heterocycles. The Morgan fingerprint density at radius 3 is 1.49 bits per heavy atom. The Labute approximate surface area is 291 Å². The zero-order valence-electron chi connectivity index (χ0n) is 30.8. The lowest BCUT2D eigenvalue weighted by molar-refractivity contribution is -0.123. The number of aliphatic hydroxyl groups excluding tert-OH is 2. The highest BCUT2D eigenvalue weighted by atomic mass is 16.3. The van der Waals surface area contributed by atoms with E-state index >= 15 is 0 Å². The Balaban J connectivity index is 3.71. The number of amides is 1. The third-order valence-electron chi connectivity index (χ3n) is 8.42. The van der Waals surface area contributed by atoms with Crippen LogP contribution in [-0.2, 0) is 4.79 Å². The summed E-state index contributed by atoms with van der Waals surface area (Å²) in [4.78, 5) is 12.3. The van der Waals surface area contributed by atoms with E-state index in [1.54, 1.807) is 6.08 Å². The summed E-state index contributed by atoms with van der Waals surface area (Å²) in [5, 5.41) is 22.9. The molecule has 4 heteroatoms. The van der Waals surface area contributed by atoms with Crippen molar-refractivity contribution in [3.05, 3.63) is 72.9 Å². The number of carbonyl (C=O) groups excluding carboxylic acids is 1. The van der Waals surface area contributed by atoms with Crippen molar-refractivity contribution in [2.45, 2.75) is 187 Å². The first-order chi connectivity index (χ1) is 23.2. The first kappa shape index (κ1) is 44.8. The number of carbonyl (C=O) groups is 1. The first-order valence-corrected chi connectivity index (χ1v) is 19.7. The molecule has 0 rings (SSSR count). The fourth-order valence-electron chi connectivity index (χ4n) is 5.42. The smallest absolute Gasteiger partial charge is 0.220 e. The molecule has 3 N–H and O–H groups in total. The lowest BCUT2D eigenvalue weighted by atomic mass is 10.1. The van der Waals surface area contributed by atoms with Crippen molar-refractivity contribution in [3.8, 4) is 0 Å². The highest BCUT2D eigenvalue weighted by Crippen LogP contribution is 2.12. The van der Waals surface area contributed by atoms with Gasteiger partial charge in [0, 0.05) is 6.42 Å². The summed E-state index contributed by atoms with van der Waals surface area (Å²) in [7, 11) is 0. The Morgan fingerprint density at radius 1 is 0.532 bits per heavy atom. The van der Waals surface area contributed by atoms with Crippen LogP contribution >= 0.6 is 0 Å². The van der Waals surface area contributed by atoms with Crippen LogP contribution in [-0.4, -0.2) is 34.9 Å². The van der Waals surface area contributed by atoms with Gasteiger partial charge in [0.2, 0.25) is 5.91 Å². The fraction of sp³-hybridized carbons (Fsp3) is 0.698. The van der Waals surface area contributed by atoms with Gasteiger partial charge in [0.05, 0.1) is 18.8 Å². The molecular weight excluding hydrogens is 578 g/mol. The quantitative estimate of drug-likeness (QED) is 0.0478. The number of hydrogen-bond donors (Lipinski definition) is 3. The molecule has 0 aliphatic heterocycles. The number of unbranched alkanes of at least 4 members (excludes halogenated alkanes) is 17. The molecule has 2 atom stereocenters. The Kier molecular flexibility index (Phi) is 36.5. The van der Waals surface area contributed by atoms with Crippen molar-refractivity contribution < 1.29 is 15.0 Å². The van der Waals surface area contributed by atoms with Gasteiger partial charge >= 0.3 is 0 Å². The maximum Gasteiger partial charge on any atom is 0.220 e. The highest BCUT2D eigenvalue weighted by molar-refractivity contribution is 5.76. The fourth-order valence-corrected chi connectivity index (χ4v) is 5.42. The molecule has 270 valence electrons. The zero-order chi connectivity index (χ0) is 34.3. The van der Waals surface area contributed by atoms with Gasteiger partial charge in [0.25, 0.3) is 0 Å². The van der Waals surface area contributed by atoms with Crippen LogP contribution in [0.1, 0.15) is 174 Å². The maximum absolute atomic E-state index is 12.3. The molecule has 0 aromatic heterocycles. The van der Waals surface area contributed by atoms with Gasteiger partial charge in [-0.2, -0.15) is 0 Å². The minimum absolute atomic E-state index is 0.0919. The van der Waals surface area contributed by atoms with Gasteiger partial charge in [-0.3, -0.25) is 4.79 Å². The molecule has 0 bridgehead atoms. The van der Waals surface area contributed by atoms with E-state index in [1.165, 1.54) is 83.5 Å². The third-order valence-corrected chi connectivity index (χ3v) is 8.42. The monoisotopic (exact) mass is 654 g/mol. The average Bonchev–Trinajstić information content (AvgIpc) is 3.07. The van der Waals surface area contributed by atoms with Crippen LogP contribution in [0.5, 0.6) is 0 Å². The molecule has 1 amide bonds. The minimum Gasteiger partial charge on any atom is -0.394 e. The average molecular weight is 654 g/mol. The summed E-state index contributed by atoms with van der Waals surface area (Å²) in [5.41, 5.74) is 0. The zero-order valence-corrected chi connectivity index (χ0v) is 30.8. The number of allylic oxidation sites excluding steroid dienone is 11. The van der Waals surface area contributed by atoms with E-state index in [1.807, 2.05) is 6.08 Å². The van der Waals surface area contributed by atoms with E-state index in [2.05, 4.69) is 79.9 Å². The van der Waals surface area contributed by atoms with E-state index in [9.17, 15) is 15.0 Å². The van der Waals surface area contributed by atoms with E-state index in [4.69, 9.17) is 0 Å². The van der Waals surface area contributed by atoms with Gasteiger partial charge < -0.3 is 15.5 Å². The van der Waals surface area contributed by atoms with Crippen molar-refractivity contribution in [1.29, 1.82) is 0 Å². The second kappa shape index (κ2) is 38.3.